The molecule has 1 aliphatic carbocycles. The number of phenols is 1. The average molecular weight is 212 g/mol. The Labute approximate surface area is 92.4 Å². The van der Waals surface area contributed by atoms with E-state index in [0.29, 0.717) is 11.1 Å². The first-order valence-corrected chi connectivity index (χ1v) is 4.63. The predicted octanol–water partition coefficient (Wildman–Crippen LogP) is 1.80. The zero-order valence-electron chi connectivity index (χ0n) is 8.27. The van der Waals surface area contributed by atoms with Crippen molar-refractivity contribution in [3.63, 3.8) is 0 Å². The van der Waals surface area contributed by atoms with E-state index in [1.165, 1.54) is 24.3 Å². The van der Waals surface area contributed by atoms with Gasteiger partial charge in [0, 0.05) is 5.56 Å². The Kier molecular flexibility index (Phi) is 2.49. The minimum atomic E-state index is -0.276. The number of ketones is 1. The summed E-state index contributed by atoms with van der Waals surface area (Å²) in [4.78, 5) is 10.8. The first-order chi connectivity index (χ1) is 7.66. The molecule has 0 radical (unpaired) electrons. The second-order valence-electron chi connectivity index (χ2n) is 3.26. The fourth-order valence-corrected chi connectivity index (χ4v) is 1.28. The lowest BCUT2D eigenvalue weighted by Gasteiger charge is -2.03. The third-order valence-electron chi connectivity index (χ3n) is 2.12. The lowest BCUT2D eigenvalue weighted by molar-refractivity contribution is -0.109. The van der Waals surface area contributed by atoms with Gasteiger partial charge in [0.1, 0.15) is 11.5 Å². The second kappa shape index (κ2) is 3.95. The monoisotopic (exact) mass is 212 g/mol. The van der Waals surface area contributed by atoms with Crippen molar-refractivity contribution in [2.24, 2.45) is 0 Å². The first-order valence-electron chi connectivity index (χ1n) is 4.63. The fourth-order valence-electron chi connectivity index (χ4n) is 1.28. The molecule has 2 rings (SSSR count). The number of carbonyl (C=O) groups excluding carboxylic acids is 1. The highest BCUT2D eigenvalue weighted by Gasteiger charge is 2.07. The van der Waals surface area contributed by atoms with E-state index in [-0.39, 0.29) is 17.3 Å². The molecule has 3 nitrogen and oxygen atoms in total. The Morgan fingerprint density at radius 2 is 1.75 bits per heavy atom. The van der Waals surface area contributed by atoms with Crippen molar-refractivity contribution in [2.75, 3.05) is 0 Å². The van der Waals surface area contributed by atoms with Gasteiger partial charge in [0.15, 0.2) is 0 Å². The van der Waals surface area contributed by atoms with E-state index in [0.717, 1.165) is 0 Å². The van der Waals surface area contributed by atoms with Crippen LogP contribution in [0, 0.1) is 11.8 Å². The molecule has 78 valence electrons. The minimum absolute atomic E-state index is 0.00347. The van der Waals surface area contributed by atoms with Crippen molar-refractivity contribution >= 4 is 11.5 Å². The topological polar surface area (TPSA) is 57.5 Å². The summed E-state index contributed by atoms with van der Waals surface area (Å²) >= 11 is 0. The van der Waals surface area contributed by atoms with Crippen LogP contribution >= 0.6 is 0 Å². The smallest absolute Gasteiger partial charge is 0.229 e. The number of aliphatic hydroxyl groups is 1. The molecule has 2 N–H and O–H groups in total. The summed E-state index contributed by atoms with van der Waals surface area (Å²) in [6, 6.07) is 6.09. The standard InChI is InChI=1S/C13H8O3/c14-11-5-1-9(2-6-11)13(16)10-3-7-12(15)8-4-10/h1-3,5-7,14,16H. The molecule has 1 aromatic carbocycles. The summed E-state index contributed by atoms with van der Waals surface area (Å²) in [5.74, 6) is 4.76. The normalized spacial score (nSPS) is 16.6. The number of benzene rings is 1. The van der Waals surface area contributed by atoms with Crippen LogP contribution in [0.5, 0.6) is 5.75 Å². The molecule has 0 spiro atoms. The van der Waals surface area contributed by atoms with Crippen molar-refractivity contribution in [1.82, 2.24) is 0 Å². The molecule has 3 heteroatoms. The van der Waals surface area contributed by atoms with Gasteiger partial charge in [0.2, 0.25) is 5.78 Å². The van der Waals surface area contributed by atoms with Crippen molar-refractivity contribution in [3.05, 3.63) is 47.6 Å². The molecule has 0 amide bonds. The van der Waals surface area contributed by atoms with E-state index < -0.39 is 0 Å². The molecule has 0 atom stereocenters. The van der Waals surface area contributed by atoms with Gasteiger partial charge in [-0.25, -0.2) is 0 Å². The molecule has 16 heavy (non-hydrogen) atoms. The lowest BCUT2D eigenvalue weighted by atomic mass is 10.1. The molecule has 1 aliphatic rings. The molecule has 0 heterocycles. The molecule has 0 aromatic heterocycles. The number of hydrogen-bond donors (Lipinski definition) is 2. The summed E-state index contributed by atoms with van der Waals surface area (Å²) in [5, 5.41) is 19.0. The molecule has 0 saturated heterocycles. The summed E-state index contributed by atoms with van der Waals surface area (Å²) < 4.78 is 0. The van der Waals surface area contributed by atoms with Crippen molar-refractivity contribution in [3.8, 4) is 17.6 Å². The maximum absolute atomic E-state index is 10.8. The minimum Gasteiger partial charge on any atom is -0.508 e. The van der Waals surface area contributed by atoms with Crippen LogP contribution < -0.4 is 0 Å². The van der Waals surface area contributed by atoms with Gasteiger partial charge in [-0.1, -0.05) is 5.92 Å². The SMILES string of the molecule is O=C1C#CC(=C(O)c2ccc(O)cc2)C=C1. The van der Waals surface area contributed by atoms with Gasteiger partial charge in [-0.15, -0.1) is 0 Å². The predicted molar refractivity (Wildman–Crippen MR) is 59.6 cm³/mol. The third kappa shape index (κ3) is 1.96. The van der Waals surface area contributed by atoms with Crippen LogP contribution in [0.2, 0.25) is 0 Å². The van der Waals surface area contributed by atoms with E-state index >= 15 is 0 Å². The van der Waals surface area contributed by atoms with Gasteiger partial charge in [-0.05, 0) is 42.3 Å². The van der Waals surface area contributed by atoms with Crippen LogP contribution in [0.4, 0.5) is 0 Å². The van der Waals surface area contributed by atoms with Crippen LogP contribution in [-0.2, 0) is 4.79 Å². The van der Waals surface area contributed by atoms with E-state index in [2.05, 4.69) is 11.8 Å². The maximum Gasteiger partial charge on any atom is 0.229 e. The number of rotatable bonds is 1. The summed E-state index contributed by atoms with van der Waals surface area (Å²) in [6.45, 7) is 0. The van der Waals surface area contributed by atoms with Gasteiger partial charge >= 0.3 is 0 Å². The molecule has 0 saturated carbocycles. The Bertz CT molecular complexity index is 551. The van der Waals surface area contributed by atoms with Crippen LogP contribution in [-0.4, -0.2) is 16.0 Å². The number of allylic oxidation sites excluding steroid dienone is 3. The Hall–Kier alpha value is -2.47. The first kappa shape index (κ1) is 10.1. The zero-order chi connectivity index (χ0) is 11.5. The van der Waals surface area contributed by atoms with Crippen LogP contribution in [0.3, 0.4) is 0 Å². The molecule has 0 aliphatic heterocycles. The van der Waals surface area contributed by atoms with E-state index in [4.69, 9.17) is 5.11 Å². The largest absolute Gasteiger partial charge is 0.508 e. The van der Waals surface area contributed by atoms with E-state index in [9.17, 15) is 9.90 Å². The maximum atomic E-state index is 10.8. The van der Waals surface area contributed by atoms with Gasteiger partial charge < -0.3 is 10.2 Å². The molecule has 0 unspecified atom stereocenters. The summed E-state index contributed by atoms with van der Waals surface area (Å²) in [7, 11) is 0. The Morgan fingerprint density at radius 3 is 2.31 bits per heavy atom. The van der Waals surface area contributed by atoms with Crippen LogP contribution in [0.25, 0.3) is 5.76 Å². The van der Waals surface area contributed by atoms with E-state index in [1.54, 1.807) is 12.1 Å². The van der Waals surface area contributed by atoms with Crippen molar-refractivity contribution < 1.29 is 15.0 Å². The number of phenolic OH excluding ortho intramolecular Hbond substituents is 1. The Morgan fingerprint density at radius 1 is 1.06 bits per heavy atom. The van der Waals surface area contributed by atoms with Crippen molar-refractivity contribution in [2.45, 2.75) is 0 Å². The average Bonchev–Trinajstić information content (AvgIpc) is 2.30. The van der Waals surface area contributed by atoms with Gasteiger partial charge in [0.05, 0.1) is 5.57 Å². The van der Waals surface area contributed by atoms with Crippen LogP contribution in [0.15, 0.2) is 42.0 Å². The number of carbonyl (C=O) groups is 1. The summed E-state index contributed by atoms with van der Waals surface area (Å²) in [6.07, 6.45) is 2.78. The Balaban J connectivity index is 2.42. The number of hydrogen-bond acceptors (Lipinski definition) is 3. The zero-order valence-corrected chi connectivity index (χ0v) is 8.27. The highest BCUT2D eigenvalue weighted by atomic mass is 16.3. The number of aromatic hydroxyl groups is 1. The molecule has 1 aromatic rings. The van der Waals surface area contributed by atoms with Gasteiger partial charge in [-0.3, -0.25) is 4.79 Å². The highest BCUT2D eigenvalue weighted by Crippen LogP contribution is 2.20. The lowest BCUT2D eigenvalue weighted by Crippen LogP contribution is -1.95. The summed E-state index contributed by atoms with van der Waals surface area (Å²) in [5.41, 5.74) is 0.936. The molecular weight excluding hydrogens is 204 g/mol. The van der Waals surface area contributed by atoms with Gasteiger partial charge in [-0.2, -0.15) is 0 Å². The fraction of sp³-hybridized carbons (Fsp3) is 0. The number of aliphatic hydroxyl groups excluding tert-OH is 1. The molecular formula is C13H8O3. The molecule has 0 bridgehead atoms. The van der Waals surface area contributed by atoms with Gasteiger partial charge in [0.25, 0.3) is 0 Å². The highest BCUT2D eigenvalue weighted by molar-refractivity contribution is 6.07. The quantitative estimate of drug-likeness (QED) is 0.424. The van der Waals surface area contributed by atoms with Crippen molar-refractivity contribution in [1.29, 1.82) is 0 Å². The molecule has 0 fully saturated rings. The van der Waals surface area contributed by atoms with Crippen LogP contribution in [0.1, 0.15) is 5.56 Å². The second-order valence-corrected chi connectivity index (χ2v) is 3.26. The van der Waals surface area contributed by atoms with E-state index in [1.807, 2.05) is 0 Å². The third-order valence-corrected chi connectivity index (χ3v) is 2.12.